The van der Waals surface area contributed by atoms with E-state index in [1.54, 1.807) is 62.8 Å². The van der Waals surface area contributed by atoms with Gasteiger partial charge in [0.1, 0.15) is 5.82 Å². The van der Waals surface area contributed by atoms with Gasteiger partial charge in [0.2, 0.25) is 10.0 Å². The molecule has 0 unspecified atom stereocenters. The molecule has 0 saturated carbocycles. The third kappa shape index (κ3) is 5.94. The van der Waals surface area contributed by atoms with Gasteiger partial charge in [-0.1, -0.05) is 29.8 Å². The molecule has 0 bridgehead atoms. The molecule has 0 spiro atoms. The number of rotatable bonds is 6. The van der Waals surface area contributed by atoms with Crippen molar-refractivity contribution in [1.82, 2.24) is 14.5 Å². The molecule has 3 rings (SSSR count). The lowest BCUT2D eigenvalue weighted by atomic mass is 10.1. The van der Waals surface area contributed by atoms with Crippen LogP contribution in [0.15, 0.2) is 59.6 Å². The average molecular weight is 461 g/mol. The summed E-state index contributed by atoms with van der Waals surface area (Å²) in [7, 11) is -3.76. The molecular weight excluding hydrogens is 436 g/mol. The maximum Gasteiger partial charge on any atom is 0.257 e. The standard InChI is InChI=1S/C22H25ClN4O3S/c1-15-5-10-18(31(29,30)26-22(2,3)4)13-19(15)21(28)25-20-11-12-24-27(20)14-16-6-8-17(23)9-7-16/h5-13,26H,14H2,1-4H3,(H,25,28). The Balaban J connectivity index is 1.83. The number of hydrogen-bond donors (Lipinski definition) is 2. The molecule has 1 amide bonds. The van der Waals surface area contributed by atoms with Crippen LogP contribution in [0.1, 0.15) is 42.3 Å². The molecular formula is C22H25ClN4O3S. The summed E-state index contributed by atoms with van der Waals surface area (Å²) in [6, 6.07) is 13.5. The Labute approximate surface area is 187 Å². The van der Waals surface area contributed by atoms with Crippen LogP contribution in [0, 0.1) is 6.92 Å². The number of aromatic nitrogens is 2. The summed E-state index contributed by atoms with van der Waals surface area (Å²) >= 11 is 5.93. The SMILES string of the molecule is Cc1ccc(S(=O)(=O)NC(C)(C)C)cc1C(=O)Nc1ccnn1Cc1ccc(Cl)cc1. The quantitative estimate of drug-likeness (QED) is 0.575. The number of aryl methyl sites for hydroxylation is 1. The molecule has 0 aliphatic rings. The van der Waals surface area contributed by atoms with E-state index in [0.29, 0.717) is 22.9 Å². The lowest BCUT2D eigenvalue weighted by Crippen LogP contribution is -2.40. The van der Waals surface area contributed by atoms with Gasteiger partial charge in [0, 0.05) is 22.2 Å². The number of benzene rings is 2. The Morgan fingerprint density at radius 1 is 1.10 bits per heavy atom. The first kappa shape index (κ1) is 23.0. The summed E-state index contributed by atoms with van der Waals surface area (Å²) in [5, 5.41) is 7.73. The molecule has 1 heterocycles. The highest BCUT2D eigenvalue weighted by Gasteiger charge is 2.24. The highest BCUT2D eigenvalue weighted by atomic mass is 35.5. The molecule has 31 heavy (non-hydrogen) atoms. The van der Waals surface area contributed by atoms with Gasteiger partial charge >= 0.3 is 0 Å². The van der Waals surface area contributed by atoms with Gasteiger partial charge in [-0.15, -0.1) is 0 Å². The molecule has 2 aromatic carbocycles. The first-order valence-electron chi connectivity index (χ1n) is 9.67. The lowest BCUT2D eigenvalue weighted by Gasteiger charge is -2.20. The molecule has 3 aromatic rings. The van der Waals surface area contributed by atoms with Crippen LogP contribution < -0.4 is 10.0 Å². The average Bonchev–Trinajstić information content (AvgIpc) is 3.08. The van der Waals surface area contributed by atoms with Gasteiger partial charge in [-0.2, -0.15) is 5.10 Å². The van der Waals surface area contributed by atoms with E-state index in [1.807, 2.05) is 12.1 Å². The van der Waals surface area contributed by atoms with E-state index in [4.69, 9.17) is 11.6 Å². The first-order valence-corrected chi connectivity index (χ1v) is 11.5. The minimum atomic E-state index is -3.76. The van der Waals surface area contributed by atoms with Gasteiger partial charge in [-0.05, 0) is 63.1 Å². The summed E-state index contributed by atoms with van der Waals surface area (Å²) < 4.78 is 29.6. The van der Waals surface area contributed by atoms with Gasteiger partial charge in [-0.25, -0.2) is 17.8 Å². The van der Waals surface area contributed by atoms with Crippen LogP contribution in [0.3, 0.4) is 0 Å². The molecule has 0 fully saturated rings. The zero-order valence-corrected chi connectivity index (χ0v) is 19.4. The van der Waals surface area contributed by atoms with Crippen LogP contribution in [-0.2, 0) is 16.6 Å². The summed E-state index contributed by atoms with van der Waals surface area (Å²) in [6.45, 7) is 7.48. The summed E-state index contributed by atoms with van der Waals surface area (Å²) in [5.74, 6) is 0.0867. The van der Waals surface area contributed by atoms with Gasteiger partial charge < -0.3 is 5.32 Å². The monoisotopic (exact) mass is 460 g/mol. The number of carbonyl (C=O) groups is 1. The van der Waals surface area contributed by atoms with Crippen molar-refractivity contribution >= 4 is 33.3 Å². The van der Waals surface area contributed by atoms with Crippen LogP contribution in [0.5, 0.6) is 0 Å². The molecule has 7 nitrogen and oxygen atoms in total. The van der Waals surface area contributed by atoms with Gasteiger partial charge in [-0.3, -0.25) is 4.79 Å². The van der Waals surface area contributed by atoms with Crippen LogP contribution >= 0.6 is 11.6 Å². The first-order chi connectivity index (χ1) is 14.4. The summed E-state index contributed by atoms with van der Waals surface area (Å²) in [4.78, 5) is 13.0. The summed E-state index contributed by atoms with van der Waals surface area (Å²) in [5.41, 5.74) is 1.27. The number of nitrogens with zero attached hydrogens (tertiary/aromatic N) is 2. The Morgan fingerprint density at radius 2 is 1.77 bits per heavy atom. The van der Waals surface area contributed by atoms with E-state index < -0.39 is 21.5 Å². The predicted octanol–water partition coefficient (Wildman–Crippen LogP) is 4.22. The van der Waals surface area contributed by atoms with Gasteiger partial charge in [0.25, 0.3) is 5.91 Å². The number of hydrogen-bond acceptors (Lipinski definition) is 4. The fourth-order valence-corrected chi connectivity index (χ4v) is 4.56. The van der Waals surface area contributed by atoms with Crippen LogP contribution in [-0.4, -0.2) is 29.6 Å². The highest BCUT2D eigenvalue weighted by molar-refractivity contribution is 7.89. The van der Waals surface area contributed by atoms with E-state index in [1.165, 1.54) is 12.1 Å². The third-order valence-electron chi connectivity index (χ3n) is 4.41. The zero-order chi connectivity index (χ0) is 22.8. The van der Waals surface area contributed by atoms with E-state index in [-0.39, 0.29) is 10.5 Å². The van der Waals surface area contributed by atoms with Gasteiger partial charge in [0.15, 0.2) is 0 Å². The maximum absolute atomic E-state index is 13.0. The zero-order valence-electron chi connectivity index (χ0n) is 17.8. The second-order valence-corrected chi connectivity index (χ2v) is 10.4. The van der Waals surface area contributed by atoms with Crippen molar-refractivity contribution in [3.8, 4) is 0 Å². The fraction of sp³-hybridized carbons (Fsp3) is 0.273. The molecule has 1 aromatic heterocycles. The van der Waals surface area contributed by atoms with Crippen molar-refractivity contribution in [3.63, 3.8) is 0 Å². The lowest BCUT2D eigenvalue weighted by molar-refractivity contribution is 0.102. The fourth-order valence-electron chi connectivity index (χ4n) is 2.99. The molecule has 0 aliphatic carbocycles. The molecule has 0 atom stereocenters. The van der Waals surface area contributed by atoms with Crippen molar-refractivity contribution in [1.29, 1.82) is 0 Å². The molecule has 9 heteroatoms. The minimum Gasteiger partial charge on any atom is -0.307 e. The van der Waals surface area contributed by atoms with Crippen molar-refractivity contribution in [2.24, 2.45) is 0 Å². The maximum atomic E-state index is 13.0. The Morgan fingerprint density at radius 3 is 2.42 bits per heavy atom. The second-order valence-electron chi connectivity index (χ2n) is 8.29. The Bertz CT molecular complexity index is 1200. The number of carbonyl (C=O) groups excluding carboxylic acids is 1. The van der Waals surface area contributed by atoms with Crippen molar-refractivity contribution < 1.29 is 13.2 Å². The van der Waals surface area contributed by atoms with E-state index in [0.717, 1.165) is 5.56 Å². The predicted molar refractivity (Wildman–Crippen MR) is 122 cm³/mol. The molecule has 0 radical (unpaired) electrons. The summed E-state index contributed by atoms with van der Waals surface area (Å²) in [6.07, 6.45) is 1.59. The Hall–Kier alpha value is -2.68. The highest BCUT2D eigenvalue weighted by Crippen LogP contribution is 2.20. The topological polar surface area (TPSA) is 93.1 Å². The number of nitrogens with one attached hydrogen (secondary N) is 2. The number of amides is 1. The smallest absolute Gasteiger partial charge is 0.257 e. The van der Waals surface area contributed by atoms with E-state index >= 15 is 0 Å². The van der Waals surface area contributed by atoms with Crippen molar-refractivity contribution in [2.75, 3.05) is 5.32 Å². The normalized spacial score (nSPS) is 12.0. The molecule has 164 valence electrons. The van der Waals surface area contributed by atoms with E-state index in [9.17, 15) is 13.2 Å². The Kier molecular flexibility index (Phi) is 6.54. The van der Waals surface area contributed by atoms with Crippen molar-refractivity contribution in [3.05, 3.63) is 76.4 Å². The number of halogens is 1. The number of sulfonamides is 1. The van der Waals surface area contributed by atoms with Gasteiger partial charge in [0.05, 0.1) is 17.6 Å². The largest absolute Gasteiger partial charge is 0.307 e. The van der Waals surface area contributed by atoms with Crippen LogP contribution in [0.2, 0.25) is 5.02 Å². The van der Waals surface area contributed by atoms with Crippen LogP contribution in [0.25, 0.3) is 0 Å². The van der Waals surface area contributed by atoms with Crippen molar-refractivity contribution in [2.45, 2.75) is 44.7 Å². The molecule has 0 aliphatic heterocycles. The number of anilines is 1. The molecule has 0 saturated heterocycles. The second kappa shape index (κ2) is 8.82. The van der Waals surface area contributed by atoms with E-state index in [2.05, 4.69) is 15.1 Å². The third-order valence-corrected chi connectivity index (χ3v) is 6.42. The minimum absolute atomic E-state index is 0.0350. The molecule has 2 N–H and O–H groups in total. The van der Waals surface area contributed by atoms with Crippen LogP contribution in [0.4, 0.5) is 5.82 Å².